The smallest absolute Gasteiger partial charge is 0.281 e. The number of aliphatic hydroxyl groups is 1. The van der Waals surface area contributed by atoms with E-state index in [1.165, 1.54) is 17.4 Å². The summed E-state index contributed by atoms with van der Waals surface area (Å²) in [6, 6.07) is 37.5. The van der Waals surface area contributed by atoms with Gasteiger partial charge >= 0.3 is 0 Å². The van der Waals surface area contributed by atoms with Crippen LogP contribution in [-0.2, 0) is 25.2 Å². The molecule has 4 aromatic carbocycles. The molecule has 8 heteroatoms. The molecule has 46 heavy (non-hydrogen) atoms. The van der Waals surface area contributed by atoms with Gasteiger partial charge < -0.3 is 14.6 Å². The van der Waals surface area contributed by atoms with Gasteiger partial charge in [0, 0.05) is 36.8 Å². The molecule has 0 saturated heterocycles. The fraction of sp³-hybridized carbons (Fsp3) is 0.211. The van der Waals surface area contributed by atoms with E-state index in [2.05, 4.69) is 4.98 Å². The monoisotopic (exact) mass is 632 g/mol. The summed E-state index contributed by atoms with van der Waals surface area (Å²) in [6.07, 6.45) is 0.948. The Bertz CT molecular complexity index is 1950. The molecule has 2 unspecified atom stereocenters. The number of rotatable bonds is 10. The van der Waals surface area contributed by atoms with E-state index >= 15 is 0 Å². The van der Waals surface area contributed by atoms with Crippen LogP contribution < -0.4 is 4.31 Å². The molecule has 234 valence electrons. The first-order valence-corrected chi connectivity index (χ1v) is 16.8. The summed E-state index contributed by atoms with van der Waals surface area (Å²) in [7, 11) is -2.46. The van der Waals surface area contributed by atoms with E-state index in [-0.39, 0.29) is 29.5 Å². The fourth-order valence-electron chi connectivity index (χ4n) is 6.52. The van der Waals surface area contributed by atoms with E-state index in [4.69, 9.17) is 4.74 Å². The predicted octanol–water partition coefficient (Wildman–Crippen LogP) is 7.69. The largest absolute Gasteiger partial charge is 0.512 e. The lowest BCUT2D eigenvalue weighted by molar-refractivity contribution is -0.116. The minimum absolute atomic E-state index is 0.0450. The van der Waals surface area contributed by atoms with Gasteiger partial charge in [-0.25, -0.2) is 4.98 Å². The topological polar surface area (TPSA) is 96.8 Å². The van der Waals surface area contributed by atoms with Crippen molar-refractivity contribution in [2.45, 2.75) is 48.8 Å². The molecule has 0 fully saturated rings. The highest BCUT2D eigenvalue weighted by Crippen LogP contribution is 2.49. The van der Waals surface area contributed by atoms with Crippen LogP contribution in [-0.4, -0.2) is 37.9 Å². The minimum atomic E-state index is -3.97. The van der Waals surface area contributed by atoms with Gasteiger partial charge in [-0.15, -0.1) is 0 Å². The Kier molecular flexibility index (Phi) is 8.75. The Balaban J connectivity index is 1.39. The number of pyridine rings is 1. The minimum Gasteiger partial charge on any atom is -0.512 e. The number of sulfonamides is 1. The van der Waals surface area contributed by atoms with Gasteiger partial charge in [-0.1, -0.05) is 97.9 Å². The van der Waals surface area contributed by atoms with Crippen LogP contribution in [0.2, 0.25) is 0 Å². The average Bonchev–Trinajstić information content (AvgIpc) is 3.10. The van der Waals surface area contributed by atoms with Crippen molar-refractivity contribution in [3.8, 4) is 0 Å². The number of carbonyl (C=O) groups is 1. The number of carbonyl (C=O) groups excluding carboxylic acids is 1. The second-order valence-corrected chi connectivity index (χ2v) is 13.4. The highest BCUT2D eigenvalue weighted by molar-refractivity contribution is 7.92. The van der Waals surface area contributed by atoms with Gasteiger partial charge in [0.2, 0.25) is 0 Å². The number of hydrogen-bond donors (Lipinski definition) is 1. The Morgan fingerprint density at radius 3 is 2.22 bits per heavy atom. The van der Waals surface area contributed by atoms with Crippen molar-refractivity contribution in [1.82, 2.24) is 4.98 Å². The summed E-state index contributed by atoms with van der Waals surface area (Å²) in [6.45, 7) is 2.01. The number of para-hydroxylation sites is 1. The van der Waals surface area contributed by atoms with Gasteiger partial charge in [-0.05, 0) is 53.4 Å². The molecule has 0 spiro atoms. The number of fused-ring (bicyclic) bond motifs is 1. The predicted molar refractivity (Wildman–Crippen MR) is 180 cm³/mol. The lowest BCUT2D eigenvalue weighted by Gasteiger charge is -2.44. The molecule has 2 atom stereocenters. The summed E-state index contributed by atoms with van der Waals surface area (Å²) in [5.74, 6) is -0.159. The lowest BCUT2D eigenvalue weighted by atomic mass is 9.75. The zero-order valence-electron chi connectivity index (χ0n) is 25.8. The van der Waals surface area contributed by atoms with Crippen molar-refractivity contribution < 1.29 is 23.1 Å². The second kappa shape index (κ2) is 12.9. The molecule has 0 saturated carbocycles. The maximum absolute atomic E-state index is 13.7. The van der Waals surface area contributed by atoms with E-state index in [1.807, 2.05) is 97.9 Å². The zero-order valence-corrected chi connectivity index (χ0v) is 26.6. The van der Waals surface area contributed by atoms with E-state index in [1.54, 1.807) is 24.3 Å². The molecular weight excluding hydrogens is 596 g/mol. The van der Waals surface area contributed by atoms with Crippen LogP contribution in [0.15, 0.2) is 138 Å². The van der Waals surface area contributed by atoms with Crippen LogP contribution in [0, 0.1) is 0 Å². The number of ether oxygens (including phenoxy) is 1. The van der Waals surface area contributed by atoms with Gasteiger partial charge in [-0.3, -0.25) is 4.31 Å². The highest BCUT2D eigenvalue weighted by atomic mass is 32.2. The van der Waals surface area contributed by atoms with Crippen molar-refractivity contribution in [2.75, 3.05) is 11.4 Å². The number of hydrogen-bond acceptors (Lipinski definition) is 6. The van der Waals surface area contributed by atoms with Crippen LogP contribution in [0.1, 0.15) is 48.8 Å². The second-order valence-electron chi connectivity index (χ2n) is 11.5. The molecule has 1 N–H and O–H groups in total. The maximum Gasteiger partial charge on any atom is 0.281 e. The average molecular weight is 633 g/mol. The summed E-state index contributed by atoms with van der Waals surface area (Å²) >= 11 is 0. The van der Waals surface area contributed by atoms with Crippen LogP contribution in [0.25, 0.3) is 10.9 Å². The first-order valence-electron chi connectivity index (χ1n) is 15.4. The summed E-state index contributed by atoms with van der Waals surface area (Å²) in [4.78, 5) is 16.5. The van der Waals surface area contributed by atoms with E-state index < -0.39 is 21.7 Å². The Labute approximate surface area is 269 Å². The Morgan fingerprint density at radius 2 is 1.57 bits per heavy atom. The van der Waals surface area contributed by atoms with E-state index in [0.717, 1.165) is 28.4 Å². The summed E-state index contributed by atoms with van der Waals surface area (Å²) in [5, 5.41) is 12.7. The molecule has 1 aliphatic rings. The van der Waals surface area contributed by atoms with Crippen molar-refractivity contribution in [1.29, 1.82) is 0 Å². The fourth-order valence-corrected chi connectivity index (χ4v) is 7.65. The van der Waals surface area contributed by atoms with Gasteiger partial charge in [0.15, 0.2) is 5.03 Å². The molecule has 5 aromatic rings. The van der Waals surface area contributed by atoms with E-state index in [9.17, 15) is 18.3 Å². The van der Waals surface area contributed by atoms with Crippen molar-refractivity contribution in [2.24, 2.45) is 0 Å². The summed E-state index contributed by atoms with van der Waals surface area (Å²) < 4.78 is 35.6. The molecule has 1 aliphatic heterocycles. The number of aldehydes is 1. The molecule has 0 aliphatic carbocycles. The quantitative estimate of drug-likeness (QED) is 0.159. The standard InChI is InChI=1S/C38H36N2O5S/c1-3-32(28-14-12-19-31(25-28)40(2)46(43,44)36-22-21-27-13-10-11-20-33(27)39-36)37-34(42)26-38(45-35(37)23-24-41,29-15-6-4-7-16-29)30-17-8-5-9-18-30/h4-22,24-25,32,35,42H,3,23,26H2,1-2H3. The maximum atomic E-state index is 13.7. The highest BCUT2D eigenvalue weighted by Gasteiger charge is 2.46. The Morgan fingerprint density at radius 1 is 0.913 bits per heavy atom. The molecule has 1 aromatic heterocycles. The number of anilines is 1. The van der Waals surface area contributed by atoms with Crippen LogP contribution in [0.4, 0.5) is 5.69 Å². The van der Waals surface area contributed by atoms with Crippen LogP contribution in [0.5, 0.6) is 0 Å². The molecule has 7 nitrogen and oxygen atoms in total. The number of benzene rings is 4. The van der Waals surface area contributed by atoms with Gasteiger partial charge in [0.25, 0.3) is 10.0 Å². The Hall–Kier alpha value is -4.79. The molecule has 6 rings (SSSR count). The molecule has 0 radical (unpaired) electrons. The first-order chi connectivity index (χ1) is 22.3. The SMILES string of the molecule is CCC(C1=C(O)CC(c2ccccc2)(c2ccccc2)OC1CC=O)c1cccc(N(C)S(=O)(=O)c2ccc3ccccc3n2)c1. The number of nitrogens with zero attached hydrogens (tertiary/aromatic N) is 2. The third-order valence-electron chi connectivity index (χ3n) is 8.85. The normalized spacial score (nSPS) is 17.0. The zero-order chi connectivity index (χ0) is 32.3. The van der Waals surface area contributed by atoms with Crippen molar-refractivity contribution in [3.63, 3.8) is 0 Å². The lowest BCUT2D eigenvalue weighted by Crippen LogP contribution is -2.42. The molecular formula is C38H36N2O5S. The number of aromatic nitrogens is 1. The van der Waals surface area contributed by atoms with E-state index in [0.29, 0.717) is 23.2 Å². The third-order valence-corrected chi connectivity index (χ3v) is 10.5. The molecule has 0 amide bonds. The van der Waals surface area contributed by atoms with Gasteiger partial charge in [-0.2, -0.15) is 8.42 Å². The van der Waals surface area contributed by atoms with Gasteiger partial charge in [0.1, 0.15) is 11.9 Å². The summed E-state index contributed by atoms with van der Waals surface area (Å²) in [5.41, 5.74) is 3.26. The van der Waals surface area contributed by atoms with Crippen molar-refractivity contribution >= 4 is 32.9 Å². The first kappa shape index (κ1) is 31.2. The van der Waals surface area contributed by atoms with Crippen LogP contribution >= 0.6 is 0 Å². The third kappa shape index (κ3) is 5.70. The van der Waals surface area contributed by atoms with Gasteiger partial charge in [0.05, 0.1) is 23.1 Å². The van der Waals surface area contributed by atoms with Crippen molar-refractivity contribution in [3.05, 3.63) is 149 Å². The number of aliphatic hydroxyl groups excluding tert-OH is 1. The molecule has 0 bridgehead atoms. The van der Waals surface area contributed by atoms with Crippen LogP contribution in [0.3, 0.4) is 0 Å². The molecule has 2 heterocycles.